The van der Waals surface area contributed by atoms with Gasteiger partial charge < -0.3 is 14.2 Å². The number of hydrogen-bond donors (Lipinski definition) is 1. The zero-order valence-electron chi connectivity index (χ0n) is 10.9. The van der Waals surface area contributed by atoms with Crippen LogP contribution in [0.3, 0.4) is 0 Å². The maximum Gasteiger partial charge on any atom is 1.00 e. The number of rotatable bonds is 3. The Morgan fingerprint density at radius 3 is 2.00 bits per heavy atom. The van der Waals surface area contributed by atoms with Gasteiger partial charge in [0.25, 0.3) is 0 Å². The van der Waals surface area contributed by atoms with E-state index in [0.717, 1.165) is 18.4 Å². The minimum Gasteiger partial charge on any atom is -0.759 e. The second-order valence-corrected chi connectivity index (χ2v) is 3.96. The largest absolute Gasteiger partial charge is 1.00 e. The summed E-state index contributed by atoms with van der Waals surface area (Å²) in [6, 6.07) is 7.53. The van der Waals surface area contributed by atoms with Crippen LogP contribution in [-0.2, 0) is 16.8 Å². The average Bonchev–Trinajstić information content (AvgIpc) is 2.14. The van der Waals surface area contributed by atoms with Gasteiger partial charge in [-0.2, -0.15) is 0 Å². The molecule has 8 heteroatoms. The minimum absolute atomic E-state index is 0. The van der Waals surface area contributed by atoms with Gasteiger partial charge in [-0.05, 0) is 24.5 Å². The summed E-state index contributed by atoms with van der Waals surface area (Å²) < 4.78 is 34.1. The molecule has 1 aromatic rings. The van der Waals surface area contributed by atoms with Crippen LogP contribution in [0.15, 0.2) is 24.3 Å². The maximum absolute atomic E-state index is 9.34. The van der Waals surface area contributed by atoms with Gasteiger partial charge in [0, 0.05) is 10.4 Å². The predicted octanol–water partition coefficient (Wildman–Crippen LogP) is -4.60. The summed E-state index contributed by atoms with van der Waals surface area (Å²) >= 11 is 0. The molecule has 0 aliphatic carbocycles. The third-order valence-electron chi connectivity index (χ3n) is 1.79. The van der Waals surface area contributed by atoms with Crippen LogP contribution >= 0.6 is 0 Å². The van der Waals surface area contributed by atoms with Gasteiger partial charge in [0.2, 0.25) is 0 Å². The average molecular weight is 292 g/mol. The Bertz CT molecular complexity index is 400. The fourth-order valence-corrected chi connectivity index (χ4v) is 1.09. The van der Waals surface area contributed by atoms with E-state index >= 15 is 0 Å². The Kier molecular flexibility index (Phi) is 17.2. The van der Waals surface area contributed by atoms with Gasteiger partial charge in [0.05, 0.1) is 0 Å². The van der Waals surface area contributed by atoms with Crippen LogP contribution in [0.5, 0.6) is 5.75 Å². The van der Waals surface area contributed by atoms with Crippen molar-refractivity contribution >= 4 is 10.4 Å². The molecule has 0 fully saturated rings. The molecule has 0 aromatic heterocycles. The number of hydrogen-bond acceptors (Lipinski definition) is 5. The molecule has 0 heterocycles. The summed E-state index contributed by atoms with van der Waals surface area (Å²) in [5.74, 6) is 0.431. The molecule has 1 aromatic carbocycles. The fraction of sp³-hybridized carbons (Fsp3) is 0.400. The molecule has 5 nitrogen and oxygen atoms in total. The third-order valence-corrected chi connectivity index (χ3v) is 1.79. The van der Waals surface area contributed by atoms with Crippen molar-refractivity contribution in [2.75, 3.05) is 0 Å². The third kappa shape index (κ3) is 16.9. The molecule has 92 valence electrons. The zero-order chi connectivity index (χ0) is 12.6. The maximum atomic E-state index is 9.34. The van der Waals surface area contributed by atoms with Crippen LogP contribution in [0.2, 0.25) is 0 Å². The number of benzene rings is 1. The van der Waals surface area contributed by atoms with Crippen molar-refractivity contribution < 1.29 is 81.7 Å². The van der Waals surface area contributed by atoms with Crippen molar-refractivity contribution in [3.8, 4) is 5.75 Å². The van der Waals surface area contributed by atoms with E-state index in [0.29, 0.717) is 5.75 Å². The molecular weight excluding hydrogens is 278 g/mol. The Morgan fingerprint density at radius 2 is 1.61 bits per heavy atom. The van der Waals surface area contributed by atoms with E-state index in [4.69, 9.17) is 17.5 Å². The van der Waals surface area contributed by atoms with E-state index in [1.54, 1.807) is 6.07 Å². The van der Waals surface area contributed by atoms with Crippen LogP contribution < -0.4 is 59.1 Å². The summed E-state index contributed by atoms with van der Waals surface area (Å²) in [6.07, 6.45) is 3.31. The van der Waals surface area contributed by atoms with Crippen LogP contribution in [0, 0.1) is 0 Å². The summed E-state index contributed by atoms with van der Waals surface area (Å²) in [6.45, 7) is 2.15. The Labute approximate surface area is 152 Å². The van der Waals surface area contributed by atoms with Gasteiger partial charge in [-0.15, -0.1) is 0 Å². The molecule has 1 rings (SSSR count). The van der Waals surface area contributed by atoms with Gasteiger partial charge >= 0.3 is 59.1 Å². The van der Waals surface area contributed by atoms with Crippen LogP contribution in [0.25, 0.3) is 0 Å². The van der Waals surface area contributed by atoms with Gasteiger partial charge in [-0.25, -0.2) is 0 Å². The predicted molar refractivity (Wildman–Crippen MR) is 57.2 cm³/mol. The first-order valence-corrected chi connectivity index (χ1v) is 6.11. The Balaban J connectivity index is -0.000000282. The van der Waals surface area contributed by atoms with Crippen molar-refractivity contribution in [2.24, 2.45) is 0 Å². The summed E-state index contributed by atoms with van der Waals surface area (Å²) in [7, 11) is -5.17. The molecule has 0 amide bonds. The number of phenols is 1. The van der Waals surface area contributed by atoms with Gasteiger partial charge in [-0.1, -0.05) is 31.5 Å². The van der Waals surface area contributed by atoms with E-state index in [2.05, 4.69) is 6.92 Å². The molecule has 0 radical (unpaired) electrons. The van der Waals surface area contributed by atoms with Crippen molar-refractivity contribution in [2.45, 2.75) is 26.2 Å². The first-order valence-electron chi connectivity index (χ1n) is 4.78. The van der Waals surface area contributed by atoms with Crippen LogP contribution in [0.4, 0.5) is 0 Å². The number of phenolic OH excluding ortho intramolecular Hbond substituents is 1. The summed E-state index contributed by atoms with van der Waals surface area (Å²) in [4.78, 5) is 0. The fourth-order valence-electron chi connectivity index (χ4n) is 1.09. The molecule has 0 spiro atoms. The van der Waals surface area contributed by atoms with E-state index < -0.39 is 10.4 Å². The van der Waals surface area contributed by atoms with Crippen molar-refractivity contribution in [3.05, 3.63) is 29.8 Å². The molecule has 0 aliphatic heterocycles. The Hall–Kier alpha value is 0.890. The van der Waals surface area contributed by atoms with E-state index in [1.165, 1.54) is 6.42 Å². The van der Waals surface area contributed by atoms with Gasteiger partial charge in [0.1, 0.15) is 5.75 Å². The number of aromatic hydroxyl groups is 1. The molecule has 0 atom stereocenters. The van der Waals surface area contributed by atoms with Crippen molar-refractivity contribution in [3.63, 3.8) is 0 Å². The second-order valence-electron chi connectivity index (χ2n) is 3.14. The van der Waals surface area contributed by atoms with Gasteiger partial charge in [-0.3, -0.25) is 8.42 Å². The first kappa shape index (κ1) is 23.9. The SMILES string of the molecule is CCCCc1ccccc1O.O=S(=O)([O-])[O-].[Na+].[Na+]. The zero-order valence-corrected chi connectivity index (χ0v) is 15.7. The first-order chi connectivity index (χ1) is 7.34. The van der Waals surface area contributed by atoms with Crippen molar-refractivity contribution in [1.82, 2.24) is 0 Å². The molecular formula is C10H14Na2O5S. The molecule has 1 N–H and O–H groups in total. The smallest absolute Gasteiger partial charge is 0.759 e. The Morgan fingerprint density at radius 1 is 1.17 bits per heavy atom. The number of aryl methyl sites for hydroxylation is 1. The molecule has 0 saturated heterocycles. The summed E-state index contributed by atoms with van der Waals surface area (Å²) in [5, 5.41) is 9.34. The monoisotopic (exact) mass is 292 g/mol. The van der Waals surface area contributed by atoms with E-state index in [9.17, 15) is 5.11 Å². The normalized spacial score (nSPS) is 9.28. The standard InChI is InChI=1S/C10H14O.2Na.H2O4S/c1-2-3-6-9-7-4-5-8-10(9)11;;;1-5(2,3)4/h4-5,7-8,11H,2-3,6H2,1H3;;;(H2,1,2,3,4)/q;2*+1;/p-2. The van der Waals surface area contributed by atoms with Crippen LogP contribution in [0.1, 0.15) is 25.3 Å². The molecule has 0 bridgehead atoms. The van der Waals surface area contributed by atoms with E-state index in [-0.39, 0.29) is 59.1 Å². The number of unbranched alkanes of at least 4 members (excludes halogenated alkanes) is 1. The molecule has 18 heavy (non-hydrogen) atoms. The topological polar surface area (TPSA) is 100 Å². The molecule has 0 aliphatic rings. The quantitative estimate of drug-likeness (QED) is 0.343. The molecule has 0 saturated carbocycles. The summed E-state index contributed by atoms with van der Waals surface area (Å²) in [5.41, 5.74) is 1.06. The minimum atomic E-state index is -5.17. The van der Waals surface area contributed by atoms with Gasteiger partial charge in [0.15, 0.2) is 0 Å². The number of para-hydroxylation sites is 1. The van der Waals surface area contributed by atoms with E-state index in [1.807, 2.05) is 18.2 Å². The second kappa shape index (κ2) is 12.9. The van der Waals surface area contributed by atoms with Crippen molar-refractivity contribution in [1.29, 1.82) is 0 Å². The molecule has 0 unspecified atom stereocenters. The van der Waals surface area contributed by atoms with Crippen LogP contribution in [-0.4, -0.2) is 22.6 Å².